The van der Waals surface area contributed by atoms with E-state index in [1.165, 1.54) is 0 Å². The minimum absolute atomic E-state index is 0.132. The van der Waals surface area contributed by atoms with Crippen molar-refractivity contribution in [2.24, 2.45) is 5.73 Å². The summed E-state index contributed by atoms with van der Waals surface area (Å²) in [6.07, 6.45) is -3.94. The van der Waals surface area contributed by atoms with Crippen LogP contribution in [0.15, 0.2) is 18.2 Å². The Morgan fingerprint density at radius 3 is 2.47 bits per heavy atom. The minimum atomic E-state index is -4.41. The number of alkyl halides is 3. The van der Waals surface area contributed by atoms with Crippen molar-refractivity contribution in [2.45, 2.75) is 25.6 Å². The van der Waals surface area contributed by atoms with Crippen molar-refractivity contribution < 1.29 is 18.3 Å². The summed E-state index contributed by atoms with van der Waals surface area (Å²) in [6, 6.07) is 2.17. The number of nitrogens with two attached hydrogens (primary N) is 1. The molecule has 1 atom stereocenters. The van der Waals surface area contributed by atoms with Crippen molar-refractivity contribution in [1.82, 2.24) is 0 Å². The Kier molecular flexibility index (Phi) is 3.24. The highest BCUT2D eigenvalue weighted by Gasteiger charge is 2.31. The lowest BCUT2D eigenvalue weighted by Crippen LogP contribution is -2.11. The number of phenols is 1. The third kappa shape index (κ3) is 2.62. The molecule has 0 aromatic heterocycles. The number of aromatic hydroxyl groups is 1. The molecule has 0 aliphatic heterocycles. The monoisotopic (exact) mass is 219 g/mol. The van der Waals surface area contributed by atoms with Gasteiger partial charge in [0.1, 0.15) is 5.75 Å². The highest BCUT2D eigenvalue weighted by molar-refractivity contribution is 5.39. The molecule has 0 aliphatic carbocycles. The van der Waals surface area contributed by atoms with E-state index in [0.29, 0.717) is 6.42 Å². The standard InChI is InChI=1S/C10H12F3NO/c1-2-8(14)7-5-6(10(11,12)13)3-4-9(7)15/h3-5,8,15H,2,14H2,1H3/t8-/m1/s1. The van der Waals surface area contributed by atoms with Gasteiger partial charge in [0.15, 0.2) is 0 Å². The van der Waals surface area contributed by atoms with Gasteiger partial charge in [0.2, 0.25) is 0 Å². The predicted molar refractivity (Wildman–Crippen MR) is 50.3 cm³/mol. The maximum Gasteiger partial charge on any atom is 0.416 e. The van der Waals surface area contributed by atoms with Crippen molar-refractivity contribution in [3.05, 3.63) is 29.3 Å². The lowest BCUT2D eigenvalue weighted by molar-refractivity contribution is -0.137. The molecule has 0 aliphatic rings. The van der Waals surface area contributed by atoms with Crippen LogP contribution in [0, 0.1) is 0 Å². The summed E-state index contributed by atoms with van der Waals surface area (Å²) in [5.41, 5.74) is 4.92. The molecule has 0 saturated carbocycles. The van der Waals surface area contributed by atoms with Crippen molar-refractivity contribution in [2.75, 3.05) is 0 Å². The van der Waals surface area contributed by atoms with E-state index in [4.69, 9.17) is 5.73 Å². The second-order valence-electron chi connectivity index (χ2n) is 3.29. The molecule has 2 nitrogen and oxygen atoms in total. The second-order valence-corrected chi connectivity index (χ2v) is 3.29. The first-order valence-electron chi connectivity index (χ1n) is 4.52. The zero-order chi connectivity index (χ0) is 11.6. The third-order valence-corrected chi connectivity index (χ3v) is 2.19. The molecule has 0 saturated heterocycles. The summed E-state index contributed by atoms with van der Waals surface area (Å²) >= 11 is 0. The first-order valence-corrected chi connectivity index (χ1v) is 4.52. The lowest BCUT2D eigenvalue weighted by Gasteiger charge is -2.14. The average Bonchev–Trinajstić information content (AvgIpc) is 2.15. The molecule has 0 fully saturated rings. The molecule has 1 rings (SSSR count). The van der Waals surface area contributed by atoms with Gasteiger partial charge in [-0.1, -0.05) is 6.92 Å². The van der Waals surface area contributed by atoms with Crippen LogP contribution in [0.4, 0.5) is 13.2 Å². The molecular formula is C10H12F3NO. The Morgan fingerprint density at radius 2 is 2.00 bits per heavy atom. The fraction of sp³-hybridized carbons (Fsp3) is 0.400. The molecule has 84 valence electrons. The van der Waals surface area contributed by atoms with Crippen molar-refractivity contribution in [3.63, 3.8) is 0 Å². The molecule has 0 bridgehead atoms. The van der Waals surface area contributed by atoms with Crippen LogP contribution < -0.4 is 5.73 Å². The van der Waals surface area contributed by atoms with Crippen LogP contribution in [-0.4, -0.2) is 5.11 Å². The zero-order valence-electron chi connectivity index (χ0n) is 8.17. The molecule has 0 heterocycles. The Labute approximate surface area is 85.5 Å². The number of rotatable bonds is 2. The molecular weight excluding hydrogens is 207 g/mol. The van der Waals surface area contributed by atoms with E-state index >= 15 is 0 Å². The normalized spacial score (nSPS) is 13.9. The van der Waals surface area contributed by atoms with Gasteiger partial charge in [0.25, 0.3) is 0 Å². The van der Waals surface area contributed by atoms with Gasteiger partial charge in [-0.3, -0.25) is 0 Å². The quantitative estimate of drug-likeness (QED) is 0.803. The van der Waals surface area contributed by atoms with E-state index in [1.807, 2.05) is 0 Å². The van der Waals surface area contributed by atoms with Crippen LogP contribution >= 0.6 is 0 Å². The molecule has 0 radical (unpaired) electrons. The first-order chi connectivity index (χ1) is 6.86. The topological polar surface area (TPSA) is 46.2 Å². The highest BCUT2D eigenvalue weighted by atomic mass is 19.4. The SMILES string of the molecule is CC[C@@H](N)c1cc(C(F)(F)F)ccc1O. The zero-order valence-corrected chi connectivity index (χ0v) is 8.17. The second kappa shape index (κ2) is 4.10. The van der Waals surface area contributed by atoms with E-state index in [0.717, 1.165) is 18.2 Å². The summed E-state index contributed by atoms with van der Waals surface area (Å²) < 4.78 is 37.0. The van der Waals surface area contributed by atoms with Crippen molar-refractivity contribution >= 4 is 0 Å². The molecule has 0 unspecified atom stereocenters. The Hall–Kier alpha value is -1.23. The summed E-state index contributed by atoms with van der Waals surface area (Å²) in [5, 5.41) is 9.35. The maximum absolute atomic E-state index is 12.3. The molecule has 0 spiro atoms. The van der Waals surface area contributed by atoms with Gasteiger partial charge in [0, 0.05) is 11.6 Å². The van der Waals surface area contributed by atoms with E-state index in [1.54, 1.807) is 6.92 Å². The van der Waals surface area contributed by atoms with Gasteiger partial charge in [-0.05, 0) is 24.6 Å². The fourth-order valence-electron chi connectivity index (χ4n) is 1.25. The summed E-state index contributed by atoms with van der Waals surface area (Å²) in [7, 11) is 0. The van der Waals surface area contributed by atoms with Crippen LogP contribution in [-0.2, 0) is 6.18 Å². The van der Waals surface area contributed by atoms with E-state index in [9.17, 15) is 18.3 Å². The molecule has 0 amide bonds. The highest BCUT2D eigenvalue weighted by Crippen LogP contribution is 2.34. The van der Waals surface area contributed by atoms with Crippen molar-refractivity contribution in [1.29, 1.82) is 0 Å². The first kappa shape index (κ1) is 11.8. The lowest BCUT2D eigenvalue weighted by atomic mass is 10.0. The van der Waals surface area contributed by atoms with E-state index < -0.39 is 17.8 Å². The van der Waals surface area contributed by atoms with Gasteiger partial charge in [-0.15, -0.1) is 0 Å². The molecule has 5 heteroatoms. The number of phenolic OH excluding ortho intramolecular Hbond substituents is 1. The minimum Gasteiger partial charge on any atom is -0.508 e. The third-order valence-electron chi connectivity index (χ3n) is 2.19. The summed E-state index contributed by atoms with van der Waals surface area (Å²) in [5.74, 6) is -0.197. The van der Waals surface area contributed by atoms with Crippen LogP contribution in [0.1, 0.15) is 30.5 Å². The van der Waals surface area contributed by atoms with Crippen LogP contribution in [0.2, 0.25) is 0 Å². The summed E-state index contributed by atoms with van der Waals surface area (Å²) in [6.45, 7) is 1.74. The Morgan fingerprint density at radius 1 is 1.40 bits per heavy atom. The van der Waals surface area contributed by atoms with Gasteiger partial charge in [-0.2, -0.15) is 13.2 Å². The van der Waals surface area contributed by atoms with Crippen LogP contribution in [0.25, 0.3) is 0 Å². The average molecular weight is 219 g/mol. The molecule has 1 aromatic rings. The Bertz CT molecular complexity index is 349. The van der Waals surface area contributed by atoms with Crippen LogP contribution in [0.5, 0.6) is 5.75 Å². The van der Waals surface area contributed by atoms with Crippen molar-refractivity contribution in [3.8, 4) is 5.75 Å². The van der Waals surface area contributed by atoms with Gasteiger partial charge < -0.3 is 10.8 Å². The smallest absolute Gasteiger partial charge is 0.416 e. The largest absolute Gasteiger partial charge is 0.508 e. The fourth-order valence-corrected chi connectivity index (χ4v) is 1.25. The maximum atomic E-state index is 12.3. The molecule has 3 N–H and O–H groups in total. The van der Waals surface area contributed by atoms with E-state index in [2.05, 4.69) is 0 Å². The molecule has 1 aromatic carbocycles. The van der Waals surface area contributed by atoms with Gasteiger partial charge >= 0.3 is 6.18 Å². The number of hydrogen-bond acceptors (Lipinski definition) is 2. The number of hydrogen-bond donors (Lipinski definition) is 2. The van der Waals surface area contributed by atoms with E-state index in [-0.39, 0.29) is 11.3 Å². The van der Waals surface area contributed by atoms with Crippen LogP contribution in [0.3, 0.4) is 0 Å². The number of benzene rings is 1. The Balaban J connectivity index is 3.17. The predicted octanol–water partition coefficient (Wildman–Crippen LogP) is 2.82. The summed E-state index contributed by atoms with van der Waals surface area (Å²) in [4.78, 5) is 0. The van der Waals surface area contributed by atoms with Gasteiger partial charge in [-0.25, -0.2) is 0 Å². The van der Waals surface area contributed by atoms with Gasteiger partial charge in [0.05, 0.1) is 5.56 Å². The number of halogens is 3. The molecule has 15 heavy (non-hydrogen) atoms.